The van der Waals surface area contributed by atoms with Crippen LogP contribution in [0.5, 0.6) is 5.75 Å². The van der Waals surface area contributed by atoms with Gasteiger partial charge < -0.3 is 14.2 Å². The van der Waals surface area contributed by atoms with E-state index in [9.17, 15) is 0 Å². The van der Waals surface area contributed by atoms with Crippen LogP contribution in [0.1, 0.15) is 91.9 Å². The summed E-state index contributed by atoms with van der Waals surface area (Å²) in [7, 11) is 0. The fourth-order valence-corrected chi connectivity index (χ4v) is 6.54. The van der Waals surface area contributed by atoms with Gasteiger partial charge in [0.25, 0.3) is 0 Å². The van der Waals surface area contributed by atoms with Crippen LogP contribution in [-0.2, 0) is 28.9 Å². The number of hydrogen-bond acceptors (Lipinski definition) is 3. The zero-order valence-electron chi connectivity index (χ0n) is 23.2. The number of hydrogen-bond donors (Lipinski definition) is 0. The van der Waals surface area contributed by atoms with Gasteiger partial charge in [0, 0.05) is 0 Å². The molecule has 0 N–H and O–H groups in total. The molecule has 1 saturated heterocycles. The van der Waals surface area contributed by atoms with Gasteiger partial charge in [0.15, 0.2) is 0 Å². The summed E-state index contributed by atoms with van der Waals surface area (Å²) in [6.45, 7) is 8.38. The monoisotopic (exact) mass is 510 g/mol. The molecule has 6 rings (SSSR count). The molecule has 3 nitrogen and oxygen atoms in total. The number of ether oxygens (including phenoxy) is 3. The highest BCUT2D eigenvalue weighted by Crippen LogP contribution is 2.45. The van der Waals surface area contributed by atoms with Crippen molar-refractivity contribution in [3.63, 3.8) is 0 Å². The molecular formula is C35H42O3. The van der Waals surface area contributed by atoms with E-state index in [1.54, 1.807) is 0 Å². The standard InChI is InChI=1S/C35H42O3/c1-4-32-23(2)24(3)34(37-22-25-9-6-5-7-10-25)35(38-32)29-15-16-31(27-13-14-27)30(21-29)20-26-12-17-33-28(19-26)11-8-18-36-33/h5-7,9-10,12,15-17,19,21,23-24,27,32,34-35H,4,8,11,13-14,18,20,22H2,1-3H3/t23?,24-,32+,34?,35?/m0/s1. The second-order valence-electron chi connectivity index (χ2n) is 11.8. The molecule has 0 amide bonds. The fraction of sp³-hybridized carbons (Fsp3) is 0.486. The molecule has 2 heterocycles. The largest absolute Gasteiger partial charge is 0.493 e. The highest BCUT2D eigenvalue weighted by molar-refractivity contribution is 5.44. The Labute approximate surface area is 228 Å². The summed E-state index contributed by atoms with van der Waals surface area (Å²) in [5.74, 6) is 2.65. The SMILES string of the molecule is CC[C@H]1OC(c2ccc(C3CC3)c(Cc3ccc4c(c3)CCCO4)c2)C(OCc2ccccc2)[C@@H](C)C1C. The van der Waals surface area contributed by atoms with E-state index in [4.69, 9.17) is 14.2 Å². The molecule has 0 spiro atoms. The molecule has 0 radical (unpaired) electrons. The molecule has 3 aromatic rings. The Morgan fingerprint density at radius 3 is 2.53 bits per heavy atom. The molecule has 2 aliphatic heterocycles. The Morgan fingerprint density at radius 1 is 0.895 bits per heavy atom. The third-order valence-electron chi connectivity index (χ3n) is 9.12. The van der Waals surface area contributed by atoms with E-state index in [0.29, 0.717) is 24.4 Å². The van der Waals surface area contributed by atoms with Gasteiger partial charge in [-0.1, -0.05) is 81.4 Å². The van der Waals surface area contributed by atoms with E-state index >= 15 is 0 Å². The lowest BCUT2D eigenvalue weighted by molar-refractivity contribution is -0.194. The van der Waals surface area contributed by atoms with E-state index < -0.39 is 0 Å². The van der Waals surface area contributed by atoms with Gasteiger partial charge in [-0.05, 0) is 95.7 Å². The van der Waals surface area contributed by atoms with Crippen LogP contribution in [0.25, 0.3) is 0 Å². The summed E-state index contributed by atoms with van der Waals surface area (Å²) in [5.41, 5.74) is 8.19. The van der Waals surface area contributed by atoms with Crippen LogP contribution in [0.2, 0.25) is 0 Å². The topological polar surface area (TPSA) is 27.7 Å². The predicted molar refractivity (Wildman–Crippen MR) is 153 cm³/mol. The predicted octanol–water partition coefficient (Wildman–Crippen LogP) is 8.19. The zero-order valence-corrected chi connectivity index (χ0v) is 23.2. The van der Waals surface area contributed by atoms with Crippen molar-refractivity contribution in [2.75, 3.05) is 6.61 Å². The van der Waals surface area contributed by atoms with E-state index in [0.717, 1.165) is 38.0 Å². The molecule has 1 aliphatic carbocycles. The van der Waals surface area contributed by atoms with Crippen molar-refractivity contribution in [2.24, 2.45) is 11.8 Å². The van der Waals surface area contributed by atoms with Gasteiger partial charge in [0.2, 0.25) is 0 Å². The lowest BCUT2D eigenvalue weighted by Crippen LogP contribution is -2.45. The first-order valence-corrected chi connectivity index (χ1v) is 14.8. The minimum atomic E-state index is -0.0567. The number of fused-ring (bicyclic) bond motifs is 1. The van der Waals surface area contributed by atoms with Crippen LogP contribution >= 0.6 is 0 Å². The second kappa shape index (κ2) is 11.2. The van der Waals surface area contributed by atoms with E-state index in [1.165, 1.54) is 46.2 Å². The van der Waals surface area contributed by atoms with Gasteiger partial charge in [-0.2, -0.15) is 0 Å². The van der Waals surface area contributed by atoms with Crippen LogP contribution in [0.15, 0.2) is 66.7 Å². The van der Waals surface area contributed by atoms with Gasteiger partial charge in [-0.3, -0.25) is 0 Å². The molecule has 3 aliphatic rings. The van der Waals surface area contributed by atoms with Crippen LogP contribution < -0.4 is 4.74 Å². The van der Waals surface area contributed by atoms with Crippen molar-refractivity contribution in [3.05, 3.63) is 100 Å². The number of rotatable bonds is 8. The molecule has 3 aromatic carbocycles. The normalized spacial score (nSPS) is 27.0. The molecule has 0 bridgehead atoms. The Kier molecular flexibility index (Phi) is 7.59. The summed E-state index contributed by atoms with van der Waals surface area (Å²) >= 11 is 0. The molecule has 2 fully saturated rings. The van der Waals surface area contributed by atoms with Gasteiger partial charge in [0.05, 0.1) is 25.4 Å². The first-order chi connectivity index (χ1) is 18.6. The quantitative estimate of drug-likeness (QED) is 0.306. The molecule has 200 valence electrons. The highest BCUT2D eigenvalue weighted by Gasteiger charge is 2.42. The summed E-state index contributed by atoms with van der Waals surface area (Å²) in [6, 6.07) is 24.5. The van der Waals surface area contributed by atoms with Crippen molar-refractivity contribution >= 4 is 0 Å². The van der Waals surface area contributed by atoms with Crippen molar-refractivity contribution in [1.29, 1.82) is 0 Å². The number of benzene rings is 3. The van der Waals surface area contributed by atoms with E-state index in [-0.39, 0.29) is 18.3 Å². The molecule has 38 heavy (non-hydrogen) atoms. The minimum Gasteiger partial charge on any atom is -0.493 e. The zero-order chi connectivity index (χ0) is 26.1. The van der Waals surface area contributed by atoms with Crippen molar-refractivity contribution in [3.8, 4) is 5.75 Å². The lowest BCUT2D eigenvalue weighted by Gasteiger charge is -2.45. The number of aryl methyl sites for hydroxylation is 1. The van der Waals surface area contributed by atoms with Crippen molar-refractivity contribution in [1.82, 2.24) is 0 Å². The van der Waals surface area contributed by atoms with Crippen LogP contribution in [0.4, 0.5) is 0 Å². The van der Waals surface area contributed by atoms with Crippen LogP contribution in [0, 0.1) is 11.8 Å². The Morgan fingerprint density at radius 2 is 1.74 bits per heavy atom. The molecule has 0 aromatic heterocycles. The van der Waals surface area contributed by atoms with Gasteiger partial charge in [-0.15, -0.1) is 0 Å². The average molecular weight is 511 g/mol. The van der Waals surface area contributed by atoms with Crippen molar-refractivity contribution < 1.29 is 14.2 Å². The summed E-state index contributed by atoms with van der Waals surface area (Å²) in [5, 5.41) is 0. The second-order valence-corrected chi connectivity index (χ2v) is 11.8. The molecule has 3 heteroatoms. The van der Waals surface area contributed by atoms with E-state index in [1.807, 2.05) is 0 Å². The molecular weight excluding hydrogens is 468 g/mol. The smallest absolute Gasteiger partial charge is 0.122 e. The van der Waals surface area contributed by atoms with Gasteiger partial charge >= 0.3 is 0 Å². The molecule has 3 unspecified atom stereocenters. The summed E-state index contributed by atoms with van der Waals surface area (Å²) < 4.78 is 19.4. The molecule has 1 saturated carbocycles. The van der Waals surface area contributed by atoms with Gasteiger partial charge in [0.1, 0.15) is 11.9 Å². The summed E-state index contributed by atoms with van der Waals surface area (Å²) in [6.07, 6.45) is 7.03. The maximum atomic E-state index is 6.86. The Hall–Kier alpha value is -2.62. The molecule has 5 atom stereocenters. The third kappa shape index (κ3) is 5.42. The fourth-order valence-electron chi connectivity index (χ4n) is 6.54. The first kappa shape index (κ1) is 25.6. The van der Waals surface area contributed by atoms with Crippen molar-refractivity contribution in [2.45, 2.75) is 90.1 Å². The van der Waals surface area contributed by atoms with Crippen LogP contribution in [0.3, 0.4) is 0 Å². The van der Waals surface area contributed by atoms with Gasteiger partial charge in [-0.25, -0.2) is 0 Å². The summed E-state index contributed by atoms with van der Waals surface area (Å²) in [4.78, 5) is 0. The maximum Gasteiger partial charge on any atom is 0.122 e. The third-order valence-corrected chi connectivity index (χ3v) is 9.12. The first-order valence-electron chi connectivity index (χ1n) is 14.8. The lowest BCUT2D eigenvalue weighted by atomic mass is 9.78. The highest BCUT2D eigenvalue weighted by atomic mass is 16.6. The van der Waals surface area contributed by atoms with Crippen LogP contribution in [-0.4, -0.2) is 18.8 Å². The average Bonchev–Trinajstić information content (AvgIpc) is 3.80. The van der Waals surface area contributed by atoms with E-state index in [2.05, 4.69) is 87.5 Å². The minimum absolute atomic E-state index is 0.0218. The Balaban J connectivity index is 1.31. The Bertz CT molecular complexity index is 1230. The maximum absolute atomic E-state index is 6.86.